The molecule has 0 saturated heterocycles. The number of alkyl halides is 3. The van der Waals surface area contributed by atoms with Crippen LogP contribution < -0.4 is 10.6 Å². The summed E-state index contributed by atoms with van der Waals surface area (Å²) in [4.78, 5) is 13.4. The van der Waals surface area contributed by atoms with E-state index in [9.17, 15) is 18.0 Å². The number of likely N-dealkylation sites (N-methyl/N-ethyl adjacent to an activating group) is 1. The molecule has 0 aliphatic carbocycles. The first-order valence-corrected chi connectivity index (χ1v) is 6.15. The van der Waals surface area contributed by atoms with Crippen LogP contribution in [-0.2, 0) is 4.79 Å². The third-order valence-electron chi connectivity index (χ3n) is 2.35. The molecule has 0 heterocycles. The molecule has 7 heteroatoms. The second-order valence-corrected chi connectivity index (χ2v) is 4.00. The Kier molecular flexibility index (Phi) is 8.74. The van der Waals surface area contributed by atoms with E-state index in [1.54, 1.807) is 0 Å². The minimum Gasteiger partial charge on any atom is -0.354 e. The van der Waals surface area contributed by atoms with Gasteiger partial charge in [0, 0.05) is 13.1 Å². The van der Waals surface area contributed by atoms with Gasteiger partial charge in [-0.1, -0.05) is 13.8 Å². The maximum atomic E-state index is 11.8. The summed E-state index contributed by atoms with van der Waals surface area (Å²) in [5, 5.41) is 4.63. The average Bonchev–Trinajstić information content (AvgIpc) is 2.26. The van der Waals surface area contributed by atoms with Gasteiger partial charge >= 0.3 is 6.18 Å². The van der Waals surface area contributed by atoms with Crippen LogP contribution in [0.2, 0.25) is 0 Å². The largest absolute Gasteiger partial charge is 0.401 e. The Balaban J connectivity index is 3.58. The molecule has 0 radical (unpaired) electrons. The number of hydrogen-bond donors (Lipinski definition) is 2. The fourth-order valence-corrected chi connectivity index (χ4v) is 1.48. The summed E-state index contributed by atoms with van der Waals surface area (Å²) >= 11 is 0. The van der Waals surface area contributed by atoms with E-state index in [0.29, 0.717) is 6.54 Å². The SMILES string of the molecule is CCCN(CC)CCNC(=O)CNCC(F)(F)F. The van der Waals surface area contributed by atoms with Crippen LogP contribution in [0, 0.1) is 0 Å². The molecule has 0 aliphatic heterocycles. The lowest BCUT2D eigenvalue weighted by Crippen LogP contribution is -2.41. The molecule has 0 aromatic heterocycles. The molecule has 4 nitrogen and oxygen atoms in total. The molecule has 108 valence electrons. The van der Waals surface area contributed by atoms with Crippen LogP contribution in [0.5, 0.6) is 0 Å². The van der Waals surface area contributed by atoms with Crippen molar-refractivity contribution < 1.29 is 18.0 Å². The Morgan fingerprint density at radius 2 is 1.89 bits per heavy atom. The van der Waals surface area contributed by atoms with E-state index in [4.69, 9.17) is 0 Å². The van der Waals surface area contributed by atoms with Gasteiger partial charge < -0.3 is 15.5 Å². The maximum Gasteiger partial charge on any atom is 0.401 e. The van der Waals surface area contributed by atoms with Gasteiger partial charge in [-0.15, -0.1) is 0 Å². The predicted octanol–water partition coefficient (Wildman–Crippen LogP) is 0.986. The van der Waals surface area contributed by atoms with Crippen LogP contribution in [0.3, 0.4) is 0 Å². The lowest BCUT2D eigenvalue weighted by Gasteiger charge is -2.19. The first-order valence-electron chi connectivity index (χ1n) is 6.15. The molecule has 18 heavy (non-hydrogen) atoms. The Bertz CT molecular complexity index is 234. The highest BCUT2D eigenvalue weighted by Gasteiger charge is 2.26. The van der Waals surface area contributed by atoms with Crippen molar-refractivity contribution in [1.29, 1.82) is 0 Å². The zero-order valence-corrected chi connectivity index (χ0v) is 10.9. The zero-order valence-electron chi connectivity index (χ0n) is 10.9. The van der Waals surface area contributed by atoms with Gasteiger partial charge in [0.15, 0.2) is 0 Å². The highest BCUT2D eigenvalue weighted by Crippen LogP contribution is 2.11. The Morgan fingerprint density at radius 3 is 2.39 bits per heavy atom. The number of nitrogens with one attached hydrogen (secondary N) is 2. The second-order valence-electron chi connectivity index (χ2n) is 4.00. The molecule has 0 spiro atoms. The van der Waals surface area contributed by atoms with Crippen LogP contribution in [0.1, 0.15) is 20.3 Å². The molecule has 0 unspecified atom stereocenters. The summed E-state index contributed by atoms with van der Waals surface area (Å²) in [7, 11) is 0. The lowest BCUT2D eigenvalue weighted by molar-refractivity contribution is -0.128. The highest BCUT2D eigenvalue weighted by atomic mass is 19.4. The fourth-order valence-electron chi connectivity index (χ4n) is 1.48. The van der Waals surface area contributed by atoms with Gasteiger partial charge in [0.25, 0.3) is 0 Å². The summed E-state index contributed by atoms with van der Waals surface area (Å²) in [5.74, 6) is -0.410. The number of hydrogen-bond acceptors (Lipinski definition) is 3. The molecule has 0 rings (SSSR count). The van der Waals surface area contributed by atoms with Crippen molar-refractivity contribution in [2.45, 2.75) is 26.4 Å². The molecule has 2 N–H and O–H groups in total. The van der Waals surface area contributed by atoms with Gasteiger partial charge in [0.2, 0.25) is 5.91 Å². The van der Waals surface area contributed by atoms with Crippen LogP contribution in [0.25, 0.3) is 0 Å². The van der Waals surface area contributed by atoms with Crippen LogP contribution in [0.15, 0.2) is 0 Å². The smallest absolute Gasteiger partial charge is 0.354 e. The highest BCUT2D eigenvalue weighted by molar-refractivity contribution is 5.77. The van der Waals surface area contributed by atoms with Gasteiger partial charge in [0.05, 0.1) is 13.1 Å². The van der Waals surface area contributed by atoms with Crippen molar-refractivity contribution in [3.63, 3.8) is 0 Å². The minimum atomic E-state index is -4.28. The molecule has 0 fully saturated rings. The lowest BCUT2D eigenvalue weighted by atomic mass is 10.4. The molecule has 0 bridgehead atoms. The summed E-state index contributed by atoms with van der Waals surface area (Å²) < 4.78 is 35.4. The maximum absolute atomic E-state index is 11.8. The number of carbonyl (C=O) groups excluding carboxylic acids is 1. The topological polar surface area (TPSA) is 44.4 Å². The quantitative estimate of drug-likeness (QED) is 0.656. The van der Waals surface area contributed by atoms with E-state index in [0.717, 1.165) is 26.1 Å². The first kappa shape index (κ1) is 17.2. The molecular weight excluding hydrogens is 247 g/mol. The van der Waals surface area contributed by atoms with Crippen LogP contribution >= 0.6 is 0 Å². The number of rotatable bonds is 9. The first-order chi connectivity index (χ1) is 8.39. The van der Waals surface area contributed by atoms with E-state index in [1.807, 2.05) is 6.92 Å². The molecule has 1 amide bonds. The average molecular weight is 269 g/mol. The van der Waals surface area contributed by atoms with Crippen molar-refractivity contribution >= 4 is 5.91 Å². The predicted molar refractivity (Wildman–Crippen MR) is 64.3 cm³/mol. The zero-order chi connectivity index (χ0) is 14.0. The van der Waals surface area contributed by atoms with Gasteiger partial charge in [-0.3, -0.25) is 4.79 Å². The van der Waals surface area contributed by atoms with Crippen molar-refractivity contribution in [3.8, 4) is 0 Å². The fraction of sp³-hybridized carbons (Fsp3) is 0.909. The van der Waals surface area contributed by atoms with Gasteiger partial charge in [-0.05, 0) is 19.5 Å². The van der Waals surface area contributed by atoms with Gasteiger partial charge in [0.1, 0.15) is 0 Å². The summed E-state index contributed by atoms with van der Waals surface area (Å²) in [6, 6.07) is 0. The molecular formula is C11H22F3N3O. The van der Waals surface area contributed by atoms with Crippen molar-refractivity contribution in [2.75, 3.05) is 39.3 Å². The number of amides is 1. The van der Waals surface area contributed by atoms with Gasteiger partial charge in [-0.2, -0.15) is 13.2 Å². The number of carbonyl (C=O) groups is 1. The van der Waals surface area contributed by atoms with E-state index in [2.05, 4.69) is 22.5 Å². The van der Waals surface area contributed by atoms with Crippen LogP contribution in [-0.4, -0.2) is 56.3 Å². The summed E-state index contributed by atoms with van der Waals surface area (Å²) in [6.07, 6.45) is -3.24. The normalized spacial score (nSPS) is 11.9. The molecule has 0 atom stereocenters. The third-order valence-corrected chi connectivity index (χ3v) is 2.35. The van der Waals surface area contributed by atoms with Crippen LogP contribution in [0.4, 0.5) is 13.2 Å². The Morgan fingerprint density at radius 1 is 1.22 bits per heavy atom. The van der Waals surface area contributed by atoms with E-state index in [-0.39, 0.29) is 6.54 Å². The molecule has 0 aliphatic rings. The standard InChI is InChI=1S/C11H22F3N3O/c1-3-6-17(4-2)7-5-16-10(18)8-15-9-11(12,13)14/h15H,3-9H2,1-2H3,(H,16,18). The molecule has 0 aromatic carbocycles. The van der Waals surface area contributed by atoms with E-state index < -0.39 is 18.6 Å². The van der Waals surface area contributed by atoms with E-state index >= 15 is 0 Å². The van der Waals surface area contributed by atoms with Crippen molar-refractivity contribution in [1.82, 2.24) is 15.5 Å². The summed E-state index contributed by atoms with van der Waals surface area (Å²) in [5.41, 5.74) is 0. The minimum absolute atomic E-state index is 0.306. The Labute approximate surface area is 106 Å². The second kappa shape index (κ2) is 9.16. The summed E-state index contributed by atoms with van der Waals surface area (Å²) in [6.45, 7) is 5.69. The molecule has 0 saturated carbocycles. The molecule has 0 aromatic rings. The monoisotopic (exact) mass is 269 g/mol. The number of nitrogens with zero attached hydrogens (tertiary/aromatic N) is 1. The van der Waals surface area contributed by atoms with E-state index in [1.165, 1.54) is 0 Å². The Hall–Kier alpha value is -0.820. The third kappa shape index (κ3) is 10.3. The number of halogens is 3. The van der Waals surface area contributed by atoms with Crippen molar-refractivity contribution in [3.05, 3.63) is 0 Å². The van der Waals surface area contributed by atoms with Gasteiger partial charge in [-0.25, -0.2) is 0 Å². The van der Waals surface area contributed by atoms with Crippen molar-refractivity contribution in [2.24, 2.45) is 0 Å².